The van der Waals surface area contributed by atoms with Crippen molar-refractivity contribution in [2.75, 3.05) is 0 Å². The third-order valence-corrected chi connectivity index (χ3v) is 3.93. The Balaban J connectivity index is 1.73. The lowest BCUT2D eigenvalue weighted by molar-refractivity contribution is 0.798. The number of hydrogen-bond donors (Lipinski definition) is 1. The quantitative estimate of drug-likeness (QED) is 0.618. The third-order valence-electron chi connectivity index (χ3n) is 3.60. The molecule has 2 aromatic heterocycles. The van der Waals surface area contributed by atoms with Gasteiger partial charge in [0.05, 0.1) is 22.4 Å². The van der Waals surface area contributed by atoms with Crippen LogP contribution < -0.4 is 0 Å². The predicted molar refractivity (Wildman–Crippen MR) is 87.9 cm³/mol. The molecule has 22 heavy (non-hydrogen) atoms. The van der Waals surface area contributed by atoms with Crippen LogP contribution in [0.1, 0.15) is 5.56 Å². The van der Waals surface area contributed by atoms with Crippen molar-refractivity contribution in [2.24, 2.45) is 0 Å². The van der Waals surface area contributed by atoms with Crippen molar-refractivity contribution in [1.29, 1.82) is 0 Å². The van der Waals surface area contributed by atoms with Crippen molar-refractivity contribution < 1.29 is 0 Å². The van der Waals surface area contributed by atoms with E-state index in [9.17, 15) is 0 Å². The molecule has 0 bridgehead atoms. The zero-order chi connectivity index (χ0) is 14.9. The van der Waals surface area contributed by atoms with Crippen molar-refractivity contribution in [3.63, 3.8) is 0 Å². The Morgan fingerprint density at radius 3 is 2.86 bits per heavy atom. The number of H-pyrrole nitrogens is 1. The van der Waals surface area contributed by atoms with Gasteiger partial charge in [0.15, 0.2) is 0 Å². The molecule has 0 amide bonds. The lowest BCUT2D eigenvalue weighted by Crippen LogP contribution is -1.95. The fraction of sp³-hybridized carbons (Fsp3) is 0.0588. The number of benzene rings is 2. The lowest BCUT2D eigenvalue weighted by Gasteiger charge is -2.01. The van der Waals surface area contributed by atoms with Crippen LogP contribution in [0.25, 0.3) is 22.4 Å². The maximum Gasteiger partial charge on any atom is 0.139 e. The highest BCUT2D eigenvalue weighted by molar-refractivity contribution is 6.33. The van der Waals surface area contributed by atoms with Crippen LogP contribution in [0.15, 0.2) is 61.2 Å². The molecular formula is C17H13ClN4. The summed E-state index contributed by atoms with van der Waals surface area (Å²) in [6, 6.07) is 13.9. The van der Waals surface area contributed by atoms with Crippen LogP contribution in [0.3, 0.4) is 0 Å². The summed E-state index contributed by atoms with van der Waals surface area (Å²) in [5, 5.41) is 0.695. The first-order valence-corrected chi connectivity index (χ1v) is 7.37. The third kappa shape index (κ3) is 2.38. The van der Waals surface area contributed by atoms with Gasteiger partial charge in [0, 0.05) is 24.5 Å². The molecule has 0 saturated carbocycles. The number of nitrogens with zero attached hydrogens (tertiary/aromatic N) is 3. The summed E-state index contributed by atoms with van der Waals surface area (Å²) in [4.78, 5) is 12.1. The summed E-state index contributed by atoms with van der Waals surface area (Å²) in [5.74, 6) is 0.792. The van der Waals surface area contributed by atoms with Gasteiger partial charge in [-0.1, -0.05) is 29.8 Å². The zero-order valence-corrected chi connectivity index (χ0v) is 12.5. The summed E-state index contributed by atoms with van der Waals surface area (Å²) < 4.78 is 2.03. The average Bonchev–Trinajstić information content (AvgIpc) is 3.16. The number of imidazole rings is 2. The average molecular weight is 309 g/mol. The minimum atomic E-state index is 0.695. The molecule has 2 heterocycles. The second-order valence-corrected chi connectivity index (χ2v) is 5.56. The second kappa shape index (κ2) is 5.31. The summed E-state index contributed by atoms with van der Waals surface area (Å²) in [6.07, 6.45) is 5.54. The molecule has 0 aliphatic rings. The van der Waals surface area contributed by atoms with E-state index in [4.69, 9.17) is 11.6 Å². The van der Waals surface area contributed by atoms with Crippen LogP contribution in [0, 0.1) is 0 Å². The molecule has 0 radical (unpaired) electrons. The Morgan fingerprint density at radius 2 is 2.05 bits per heavy atom. The van der Waals surface area contributed by atoms with Crippen LogP contribution in [-0.2, 0) is 6.54 Å². The number of aromatic nitrogens is 4. The fourth-order valence-electron chi connectivity index (χ4n) is 2.52. The molecular weight excluding hydrogens is 296 g/mol. The van der Waals surface area contributed by atoms with Crippen LogP contribution in [-0.4, -0.2) is 19.5 Å². The maximum absolute atomic E-state index is 6.24. The molecule has 4 nitrogen and oxygen atoms in total. The van der Waals surface area contributed by atoms with E-state index in [0.717, 1.165) is 29.0 Å². The molecule has 0 saturated heterocycles. The van der Waals surface area contributed by atoms with Crippen LogP contribution in [0.5, 0.6) is 0 Å². The highest BCUT2D eigenvalue weighted by Crippen LogP contribution is 2.27. The first-order chi connectivity index (χ1) is 10.8. The van der Waals surface area contributed by atoms with Crippen molar-refractivity contribution in [3.8, 4) is 11.4 Å². The predicted octanol–water partition coefficient (Wildman–Crippen LogP) is 4.13. The van der Waals surface area contributed by atoms with Crippen molar-refractivity contribution in [3.05, 3.63) is 71.8 Å². The van der Waals surface area contributed by atoms with E-state index in [2.05, 4.69) is 33.2 Å². The monoisotopic (exact) mass is 308 g/mol. The summed E-state index contributed by atoms with van der Waals surface area (Å²) in [7, 11) is 0. The summed E-state index contributed by atoms with van der Waals surface area (Å²) >= 11 is 6.24. The molecule has 0 spiro atoms. The van der Waals surface area contributed by atoms with Crippen molar-refractivity contribution in [2.45, 2.75) is 6.54 Å². The van der Waals surface area contributed by atoms with Gasteiger partial charge in [-0.25, -0.2) is 9.97 Å². The molecule has 0 atom stereocenters. The normalized spacial score (nSPS) is 11.1. The molecule has 2 aromatic carbocycles. The molecule has 5 heteroatoms. The minimum absolute atomic E-state index is 0.695. The highest BCUT2D eigenvalue weighted by Gasteiger charge is 2.09. The Morgan fingerprint density at radius 1 is 1.14 bits per heavy atom. The zero-order valence-electron chi connectivity index (χ0n) is 11.7. The smallest absolute Gasteiger partial charge is 0.139 e. The highest BCUT2D eigenvalue weighted by atomic mass is 35.5. The van der Waals surface area contributed by atoms with E-state index < -0.39 is 0 Å². The van der Waals surface area contributed by atoms with Crippen LogP contribution in [0.4, 0.5) is 0 Å². The molecule has 0 unspecified atom stereocenters. The number of hydrogen-bond acceptors (Lipinski definition) is 2. The molecule has 4 aromatic rings. The summed E-state index contributed by atoms with van der Waals surface area (Å²) in [6.45, 7) is 0.782. The largest absolute Gasteiger partial charge is 0.338 e. The van der Waals surface area contributed by atoms with Crippen LogP contribution >= 0.6 is 11.6 Å². The van der Waals surface area contributed by atoms with Crippen molar-refractivity contribution >= 4 is 22.6 Å². The van der Waals surface area contributed by atoms with Gasteiger partial charge < -0.3 is 9.55 Å². The maximum atomic E-state index is 6.24. The van der Waals surface area contributed by atoms with E-state index in [1.165, 1.54) is 5.56 Å². The van der Waals surface area contributed by atoms with E-state index >= 15 is 0 Å². The lowest BCUT2D eigenvalue weighted by atomic mass is 10.2. The molecule has 4 rings (SSSR count). The van der Waals surface area contributed by atoms with E-state index in [-0.39, 0.29) is 0 Å². The molecule has 1 N–H and O–H groups in total. The topological polar surface area (TPSA) is 46.5 Å². The second-order valence-electron chi connectivity index (χ2n) is 5.15. The van der Waals surface area contributed by atoms with Crippen LogP contribution in [0.2, 0.25) is 5.02 Å². The van der Waals surface area contributed by atoms with Gasteiger partial charge in [-0.3, -0.25) is 0 Å². The summed E-state index contributed by atoms with van der Waals surface area (Å²) in [5.41, 5.74) is 4.04. The minimum Gasteiger partial charge on any atom is -0.338 e. The van der Waals surface area contributed by atoms with E-state index in [0.29, 0.717) is 5.02 Å². The number of fused-ring (bicyclic) bond motifs is 1. The Hall–Kier alpha value is -2.59. The van der Waals surface area contributed by atoms with Gasteiger partial charge >= 0.3 is 0 Å². The van der Waals surface area contributed by atoms with E-state index in [1.54, 1.807) is 6.20 Å². The first kappa shape index (κ1) is 13.1. The Bertz CT molecular complexity index is 925. The Labute approximate surface area is 132 Å². The number of aromatic amines is 1. The van der Waals surface area contributed by atoms with Crippen molar-refractivity contribution in [1.82, 2.24) is 19.5 Å². The van der Waals surface area contributed by atoms with Gasteiger partial charge in [0.25, 0.3) is 0 Å². The Kier molecular flexibility index (Phi) is 3.16. The fourth-order valence-corrected chi connectivity index (χ4v) is 2.75. The van der Waals surface area contributed by atoms with Gasteiger partial charge in [-0.2, -0.15) is 0 Å². The molecule has 0 fully saturated rings. The van der Waals surface area contributed by atoms with E-state index in [1.807, 2.05) is 41.4 Å². The number of halogens is 1. The van der Waals surface area contributed by atoms with Gasteiger partial charge in [-0.15, -0.1) is 0 Å². The molecule has 0 aliphatic carbocycles. The first-order valence-electron chi connectivity index (χ1n) is 6.99. The number of rotatable bonds is 3. The van der Waals surface area contributed by atoms with Gasteiger partial charge in [0.1, 0.15) is 5.82 Å². The van der Waals surface area contributed by atoms with Gasteiger partial charge in [-0.05, 0) is 29.8 Å². The molecule has 0 aliphatic heterocycles. The van der Waals surface area contributed by atoms with Gasteiger partial charge in [0.2, 0.25) is 0 Å². The SMILES string of the molecule is Clc1ccccc1-c1nc2cc(Cn3ccnc3)ccc2[nH]1. The standard InChI is InChI=1S/C17H13ClN4/c18-14-4-2-1-3-13(14)17-20-15-6-5-12(9-16(15)21-17)10-22-8-7-19-11-22/h1-9,11H,10H2,(H,20,21). The molecule has 108 valence electrons. The number of nitrogens with one attached hydrogen (secondary N) is 1.